The van der Waals surface area contributed by atoms with Gasteiger partial charge in [-0.25, -0.2) is 0 Å². The quantitative estimate of drug-likeness (QED) is 0.745. The fourth-order valence-electron chi connectivity index (χ4n) is 1.71. The molecule has 0 saturated carbocycles. The molecule has 1 aromatic rings. The Labute approximate surface area is 80.7 Å². The number of carboxylic acids is 1. The van der Waals surface area contributed by atoms with Crippen molar-refractivity contribution in [1.29, 1.82) is 0 Å². The molecular formula is C10H10O4. The van der Waals surface area contributed by atoms with Crippen molar-refractivity contribution in [3.05, 3.63) is 23.8 Å². The Morgan fingerprint density at radius 1 is 1.57 bits per heavy atom. The van der Waals surface area contributed by atoms with Gasteiger partial charge in [0.25, 0.3) is 0 Å². The van der Waals surface area contributed by atoms with Crippen LogP contribution in [0.5, 0.6) is 11.5 Å². The first-order valence-corrected chi connectivity index (χ1v) is 4.35. The molecule has 1 aromatic carbocycles. The molecule has 74 valence electrons. The van der Waals surface area contributed by atoms with Crippen LogP contribution in [0.2, 0.25) is 0 Å². The third-order valence-corrected chi connectivity index (χ3v) is 2.31. The molecule has 0 unspecified atom stereocenters. The van der Waals surface area contributed by atoms with E-state index in [-0.39, 0.29) is 18.1 Å². The SMILES string of the molecule is O=C(O)C[C@@H]1COc2cccc(O)c21. The Morgan fingerprint density at radius 3 is 3.07 bits per heavy atom. The van der Waals surface area contributed by atoms with Crippen LogP contribution >= 0.6 is 0 Å². The lowest BCUT2D eigenvalue weighted by Crippen LogP contribution is -2.07. The van der Waals surface area contributed by atoms with Crippen molar-refractivity contribution in [1.82, 2.24) is 0 Å². The maximum Gasteiger partial charge on any atom is 0.304 e. The van der Waals surface area contributed by atoms with Crippen molar-refractivity contribution in [3.8, 4) is 11.5 Å². The average Bonchev–Trinajstić information content (AvgIpc) is 2.49. The number of carboxylic acid groups (broad SMARTS) is 1. The summed E-state index contributed by atoms with van der Waals surface area (Å²) in [7, 11) is 0. The molecule has 0 aromatic heterocycles. The predicted molar refractivity (Wildman–Crippen MR) is 48.6 cm³/mol. The van der Waals surface area contributed by atoms with Crippen LogP contribution in [-0.2, 0) is 4.79 Å². The van der Waals surface area contributed by atoms with Crippen LogP contribution in [-0.4, -0.2) is 22.8 Å². The van der Waals surface area contributed by atoms with Gasteiger partial charge < -0.3 is 14.9 Å². The molecular weight excluding hydrogens is 184 g/mol. The highest BCUT2D eigenvalue weighted by Gasteiger charge is 2.28. The number of aromatic hydroxyl groups is 1. The van der Waals surface area contributed by atoms with Crippen LogP contribution in [0, 0.1) is 0 Å². The van der Waals surface area contributed by atoms with Crippen LogP contribution in [0.4, 0.5) is 0 Å². The van der Waals surface area contributed by atoms with Crippen LogP contribution < -0.4 is 4.74 Å². The van der Waals surface area contributed by atoms with E-state index in [1.54, 1.807) is 18.2 Å². The molecule has 1 aliphatic heterocycles. The van der Waals surface area contributed by atoms with E-state index in [0.717, 1.165) is 0 Å². The number of hydrogen-bond acceptors (Lipinski definition) is 3. The molecule has 0 saturated heterocycles. The molecule has 0 bridgehead atoms. The first kappa shape index (κ1) is 8.87. The zero-order valence-electron chi connectivity index (χ0n) is 7.43. The van der Waals surface area contributed by atoms with Gasteiger partial charge in [0.05, 0.1) is 13.0 Å². The largest absolute Gasteiger partial charge is 0.508 e. The van der Waals surface area contributed by atoms with E-state index in [4.69, 9.17) is 9.84 Å². The van der Waals surface area contributed by atoms with E-state index < -0.39 is 5.97 Å². The number of aliphatic carboxylic acids is 1. The zero-order valence-corrected chi connectivity index (χ0v) is 7.43. The van der Waals surface area contributed by atoms with Gasteiger partial charge in [0.2, 0.25) is 0 Å². The first-order chi connectivity index (χ1) is 6.68. The highest BCUT2D eigenvalue weighted by Crippen LogP contribution is 2.41. The zero-order chi connectivity index (χ0) is 10.1. The van der Waals surface area contributed by atoms with Crippen molar-refractivity contribution in [2.45, 2.75) is 12.3 Å². The van der Waals surface area contributed by atoms with E-state index in [9.17, 15) is 9.90 Å². The molecule has 1 heterocycles. The van der Waals surface area contributed by atoms with E-state index in [1.807, 2.05) is 0 Å². The minimum Gasteiger partial charge on any atom is -0.508 e. The molecule has 0 fully saturated rings. The van der Waals surface area contributed by atoms with Crippen LogP contribution in [0.3, 0.4) is 0 Å². The maximum absolute atomic E-state index is 10.5. The second kappa shape index (κ2) is 3.21. The van der Waals surface area contributed by atoms with Gasteiger partial charge >= 0.3 is 5.97 Å². The number of ether oxygens (including phenoxy) is 1. The number of phenols is 1. The molecule has 14 heavy (non-hydrogen) atoms. The van der Waals surface area contributed by atoms with Crippen molar-refractivity contribution >= 4 is 5.97 Å². The lowest BCUT2D eigenvalue weighted by atomic mass is 9.97. The molecule has 0 spiro atoms. The summed E-state index contributed by atoms with van der Waals surface area (Å²) >= 11 is 0. The molecule has 0 aliphatic carbocycles. The first-order valence-electron chi connectivity index (χ1n) is 4.35. The smallest absolute Gasteiger partial charge is 0.304 e. The molecule has 1 atom stereocenters. The number of rotatable bonds is 2. The summed E-state index contributed by atoms with van der Waals surface area (Å²) < 4.78 is 5.27. The number of phenolic OH excluding ortho intramolecular Hbond substituents is 1. The molecule has 0 radical (unpaired) electrons. The summed E-state index contributed by atoms with van der Waals surface area (Å²) in [5.74, 6) is -0.402. The molecule has 0 amide bonds. The Kier molecular flexibility index (Phi) is 2.04. The average molecular weight is 194 g/mol. The van der Waals surface area contributed by atoms with E-state index in [0.29, 0.717) is 17.9 Å². The topological polar surface area (TPSA) is 66.8 Å². The summed E-state index contributed by atoms with van der Waals surface area (Å²) in [6.45, 7) is 0.333. The Morgan fingerprint density at radius 2 is 2.36 bits per heavy atom. The third-order valence-electron chi connectivity index (χ3n) is 2.31. The van der Waals surface area contributed by atoms with E-state index in [1.165, 1.54) is 0 Å². The summed E-state index contributed by atoms with van der Waals surface area (Å²) in [4.78, 5) is 10.5. The second-order valence-corrected chi connectivity index (χ2v) is 3.29. The van der Waals surface area contributed by atoms with Gasteiger partial charge in [-0.15, -0.1) is 0 Å². The third kappa shape index (κ3) is 1.39. The number of fused-ring (bicyclic) bond motifs is 1. The highest BCUT2D eigenvalue weighted by molar-refractivity contribution is 5.69. The van der Waals surface area contributed by atoms with Crippen LogP contribution in [0.15, 0.2) is 18.2 Å². The molecule has 1 aliphatic rings. The summed E-state index contributed by atoms with van der Waals surface area (Å²) in [6, 6.07) is 4.95. The van der Waals surface area contributed by atoms with Crippen LogP contribution in [0.1, 0.15) is 17.9 Å². The van der Waals surface area contributed by atoms with Crippen molar-refractivity contribution in [2.24, 2.45) is 0 Å². The van der Waals surface area contributed by atoms with Crippen molar-refractivity contribution in [2.75, 3.05) is 6.61 Å². The van der Waals surface area contributed by atoms with Gasteiger partial charge in [0.15, 0.2) is 0 Å². The molecule has 2 N–H and O–H groups in total. The summed E-state index contributed by atoms with van der Waals surface area (Å²) in [5, 5.41) is 18.2. The normalized spacial score (nSPS) is 18.7. The van der Waals surface area contributed by atoms with Gasteiger partial charge in [0, 0.05) is 11.5 Å². The number of carbonyl (C=O) groups is 1. The fourth-order valence-corrected chi connectivity index (χ4v) is 1.71. The lowest BCUT2D eigenvalue weighted by Gasteiger charge is -2.06. The Balaban J connectivity index is 2.33. The monoisotopic (exact) mass is 194 g/mol. The number of benzene rings is 1. The van der Waals surface area contributed by atoms with Gasteiger partial charge in [-0.3, -0.25) is 4.79 Å². The number of hydrogen-bond donors (Lipinski definition) is 2. The summed E-state index contributed by atoms with van der Waals surface area (Å²) in [5.41, 5.74) is 0.620. The maximum atomic E-state index is 10.5. The lowest BCUT2D eigenvalue weighted by molar-refractivity contribution is -0.137. The molecule has 4 nitrogen and oxygen atoms in total. The van der Waals surface area contributed by atoms with Gasteiger partial charge in [-0.05, 0) is 12.1 Å². The fraction of sp³-hybridized carbons (Fsp3) is 0.300. The van der Waals surface area contributed by atoms with Gasteiger partial charge in [-0.2, -0.15) is 0 Å². The van der Waals surface area contributed by atoms with Crippen molar-refractivity contribution < 1.29 is 19.7 Å². The molecule has 4 heteroatoms. The Hall–Kier alpha value is -1.71. The highest BCUT2D eigenvalue weighted by atomic mass is 16.5. The molecule has 2 rings (SSSR count). The van der Waals surface area contributed by atoms with Gasteiger partial charge in [-0.1, -0.05) is 6.07 Å². The van der Waals surface area contributed by atoms with Gasteiger partial charge in [0.1, 0.15) is 11.5 Å². The van der Waals surface area contributed by atoms with E-state index >= 15 is 0 Å². The Bertz CT molecular complexity index is 372. The van der Waals surface area contributed by atoms with Crippen LogP contribution in [0.25, 0.3) is 0 Å². The standard InChI is InChI=1S/C10H10O4/c11-7-2-1-3-8-10(7)6(5-14-8)4-9(12)13/h1-3,6,11H,4-5H2,(H,12,13)/t6-/m1/s1. The summed E-state index contributed by atoms with van der Waals surface area (Å²) in [6.07, 6.45) is -0.00935. The predicted octanol–water partition coefficient (Wildman–Crippen LogP) is 1.34. The minimum absolute atomic E-state index is 0.00935. The second-order valence-electron chi connectivity index (χ2n) is 3.29. The van der Waals surface area contributed by atoms with Crippen molar-refractivity contribution in [3.63, 3.8) is 0 Å². The van der Waals surface area contributed by atoms with E-state index in [2.05, 4.69) is 0 Å². The minimum atomic E-state index is -0.880.